The molecule has 0 aromatic carbocycles. The molecule has 0 heterocycles. The first-order valence-electron chi connectivity index (χ1n) is 4.39. The summed E-state index contributed by atoms with van der Waals surface area (Å²) in [6.45, 7) is 0. The largest absolute Gasteiger partial charge is 0.481 e. The van der Waals surface area contributed by atoms with Gasteiger partial charge in [0.1, 0.15) is 0 Å². The number of carbonyl (C=O) groups excluding carboxylic acids is 1. The van der Waals surface area contributed by atoms with Gasteiger partial charge < -0.3 is 19.3 Å². The normalized spacial score (nSPS) is 12.5. The van der Waals surface area contributed by atoms with Gasteiger partial charge in [-0.2, -0.15) is 0 Å². The number of aliphatic carboxylic acids is 1. The standard InChI is InChI=1S/C9H16O6/c1-13-8(12)5-6(4-7(10)11)9(14-2)15-3/h6,9H,4-5H2,1-3H3,(H,10,11). The van der Waals surface area contributed by atoms with Crippen molar-refractivity contribution < 1.29 is 28.9 Å². The fourth-order valence-electron chi connectivity index (χ4n) is 1.27. The molecule has 0 rings (SSSR count). The van der Waals surface area contributed by atoms with E-state index in [4.69, 9.17) is 14.6 Å². The lowest BCUT2D eigenvalue weighted by Crippen LogP contribution is -2.29. The zero-order chi connectivity index (χ0) is 11.8. The molecule has 0 bridgehead atoms. The van der Waals surface area contributed by atoms with Crippen molar-refractivity contribution in [2.24, 2.45) is 5.92 Å². The van der Waals surface area contributed by atoms with Crippen molar-refractivity contribution >= 4 is 11.9 Å². The average molecular weight is 220 g/mol. The summed E-state index contributed by atoms with van der Waals surface area (Å²) in [6, 6.07) is 0. The number of carboxylic acid groups (broad SMARTS) is 1. The van der Waals surface area contributed by atoms with Crippen LogP contribution in [0.2, 0.25) is 0 Å². The van der Waals surface area contributed by atoms with Crippen LogP contribution in [0, 0.1) is 5.92 Å². The topological polar surface area (TPSA) is 82.1 Å². The van der Waals surface area contributed by atoms with Crippen LogP contribution in [0.5, 0.6) is 0 Å². The monoisotopic (exact) mass is 220 g/mol. The molecule has 0 fully saturated rings. The molecule has 0 aromatic heterocycles. The molecule has 0 aliphatic rings. The smallest absolute Gasteiger partial charge is 0.305 e. The van der Waals surface area contributed by atoms with E-state index in [1.54, 1.807) is 0 Å². The number of methoxy groups -OCH3 is 3. The van der Waals surface area contributed by atoms with Gasteiger partial charge in [-0.05, 0) is 0 Å². The Morgan fingerprint density at radius 1 is 1.13 bits per heavy atom. The molecule has 1 atom stereocenters. The Kier molecular flexibility index (Phi) is 6.64. The van der Waals surface area contributed by atoms with E-state index in [2.05, 4.69) is 4.74 Å². The molecule has 0 aliphatic heterocycles. The molecule has 0 saturated carbocycles. The molecule has 0 spiro atoms. The zero-order valence-electron chi connectivity index (χ0n) is 9.06. The lowest BCUT2D eigenvalue weighted by Gasteiger charge is -2.22. The van der Waals surface area contributed by atoms with E-state index in [1.807, 2.05) is 0 Å². The third-order valence-corrected chi connectivity index (χ3v) is 1.94. The summed E-state index contributed by atoms with van der Waals surface area (Å²) in [5.41, 5.74) is 0. The molecule has 6 nitrogen and oxygen atoms in total. The quantitative estimate of drug-likeness (QED) is 0.489. The number of carboxylic acids is 1. The highest BCUT2D eigenvalue weighted by molar-refractivity contribution is 5.72. The average Bonchev–Trinajstić information content (AvgIpc) is 2.18. The maximum absolute atomic E-state index is 11.0. The van der Waals surface area contributed by atoms with Crippen LogP contribution < -0.4 is 0 Å². The minimum Gasteiger partial charge on any atom is -0.481 e. The van der Waals surface area contributed by atoms with E-state index in [0.29, 0.717) is 0 Å². The van der Waals surface area contributed by atoms with Gasteiger partial charge in [-0.25, -0.2) is 0 Å². The third kappa shape index (κ3) is 5.34. The number of carbonyl (C=O) groups is 2. The summed E-state index contributed by atoms with van der Waals surface area (Å²) in [5.74, 6) is -2.05. The Morgan fingerprint density at radius 3 is 2.00 bits per heavy atom. The van der Waals surface area contributed by atoms with Gasteiger partial charge in [0.15, 0.2) is 6.29 Å². The van der Waals surface area contributed by atoms with Crippen molar-refractivity contribution in [1.29, 1.82) is 0 Å². The number of esters is 1. The number of ether oxygens (including phenoxy) is 3. The highest BCUT2D eigenvalue weighted by Gasteiger charge is 2.26. The van der Waals surface area contributed by atoms with Gasteiger partial charge in [0, 0.05) is 20.1 Å². The van der Waals surface area contributed by atoms with Crippen LogP contribution in [0.15, 0.2) is 0 Å². The highest BCUT2D eigenvalue weighted by atomic mass is 16.7. The van der Waals surface area contributed by atoms with E-state index < -0.39 is 24.1 Å². The van der Waals surface area contributed by atoms with E-state index >= 15 is 0 Å². The van der Waals surface area contributed by atoms with Crippen molar-refractivity contribution in [1.82, 2.24) is 0 Å². The summed E-state index contributed by atoms with van der Waals surface area (Å²) in [7, 11) is 4.02. The second-order valence-electron chi connectivity index (χ2n) is 2.98. The third-order valence-electron chi connectivity index (χ3n) is 1.94. The van der Waals surface area contributed by atoms with Gasteiger partial charge in [-0.3, -0.25) is 9.59 Å². The van der Waals surface area contributed by atoms with Crippen LogP contribution in [-0.4, -0.2) is 44.7 Å². The molecular weight excluding hydrogens is 204 g/mol. The van der Waals surface area contributed by atoms with E-state index in [0.717, 1.165) is 0 Å². The highest BCUT2D eigenvalue weighted by Crippen LogP contribution is 2.17. The molecule has 1 unspecified atom stereocenters. The maximum atomic E-state index is 11.0. The fraction of sp³-hybridized carbons (Fsp3) is 0.778. The Bertz CT molecular complexity index is 211. The summed E-state index contributed by atoms with van der Waals surface area (Å²) < 4.78 is 14.3. The summed E-state index contributed by atoms with van der Waals surface area (Å²) in [5, 5.41) is 8.65. The van der Waals surface area contributed by atoms with Crippen molar-refractivity contribution in [3.8, 4) is 0 Å². The molecule has 15 heavy (non-hydrogen) atoms. The van der Waals surface area contributed by atoms with Crippen LogP contribution in [0.3, 0.4) is 0 Å². The van der Waals surface area contributed by atoms with Crippen LogP contribution in [0.25, 0.3) is 0 Å². The molecule has 0 radical (unpaired) electrons. The van der Waals surface area contributed by atoms with Crippen molar-refractivity contribution in [3.63, 3.8) is 0 Å². The van der Waals surface area contributed by atoms with Gasteiger partial charge >= 0.3 is 11.9 Å². The van der Waals surface area contributed by atoms with Gasteiger partial charge in [-0.1, -0.05) is 0 Å². The van der Waals surface area contributed by atoms with Crippen molar-refractivity contribution in [3.05, 3.63) is 0 Å². The molecule has 0 saturated heterocycles. The minimum atomic E-state index is -1.01. The van der Waals surface area contributed by atoms with Crippen molar-refractivity contribution in [2.45, 2.75) is 19.1 Å². The number of rotatable bonds is 7. The predicted octanol–water partition coefficient (Wildman–Crippen LogP) is 0.259. The summed E-state index contributed by atoms with van der Waals surface area (Å²) >= 11 is 0. The summed E-state index contributed by atoms with van der Waals surface area (Å²) in [4.78, 5) is 21.6. The Balaban J connectivity index is 4.41. The first kappa shape index (κ1) is 13.9. The second kappa shape index (κ2) is 7.19. The van der Waals surface area contributed by atoms with Gasteiger partial charge in [0.2, 0.25) is 0 Å². The molecular formula is C9H16O6. The minimum absolute atomic E-state index is 0.0465. The first-order valence-corrected chi connectivity index (χ1v) is 4.39. The molecule has 88 valence electrons. The first-order chi connectivity index (χ1) is 7.04. The zero-order valence-corrected chi connectivity index (χ0v) is 9.06. The van der Waals surface area contributed by atoms with E-state index in [9.17, 15) is 9.59 Å². The molecule has 0 amide bonds. The fourth-order valence-corrected chi connectivity index (χ4v) is 1.27. The van der Waals surface area contributed by atoms with Gasteiger partial charge in [-0.15, -0.1) is 0 Å². The lowest BCUT2D eigenvalue weighted by atomic mass is 10.0. The molecule has 0 aliphatic carbocycles. The van der Waals surface area contributed by atoms with Crippen molar-refractivity contribution in [2.75, 3.05) is 21.3 Å². The Morgan fingerprint density at radius 2 is 1.67 bits per heavy atom. The maximum Gasteiger partial charge on any atom is 0.305 e. The Hall–Kier alpha value is -1.14. The second-order valence-corrected chi connectivity index (χ2v) is 2.98. The van der Waals surface area contributed by atoms with Crippen LogP contribution >= 0.6 is 0 Å². The molecule has 0 aromatic rings. The number of hydrogen-bond donors (Lipinski definition) is 1. The number of hydrogen-bond acceptors (Lipinski definition) is 5. The van der Waals surface area contributed by atoms with Crippen LogP contribution in [0.1, 0.15) is 12.8 Å². The van der Waals surface area contributed by atoms with E-state index in [-0.39, 0.29) is 12.8 Å². The summed E-state index contributed by atoms with van der Waals surface area (Å²) in [6.07, 6.45) is -0.975. The molecule has 1 N–H and O–H groups in total. The SMILES string of the molecule is COC(=O)CC(CC(=O)O)C(OC)OC. The van der Waals surface area contributed by atoms with Gasteiger partial charge in [0.25, 0.3) is 0 Å². The van der Waals surface area contributed by atoms with Gasteiger partial charge in [0.05, 0.1) is 20.0 Å². The predicted molar refractivity (Wildman–Crippen MR) is 50.2 cm³/mol. The lowest BCUT2D eigenvalue weighted by molar-refractivity contribution is -0.164. The van der Waals surface area contributed by atoms with Crippen LogP contribution in [0.4, 0.5) is 0 Å². The van der Waals surface area contributed by atoms with E-state index in [1.165, 1.54) is 21.3 Å². The van der Waals surface area contributed by atoms with Crippen LogP contribution in [-0.2, 0) is 23.8 Å². The molecule has 6 heteroatoms. The Labute approximate surface area is 88.1 Å².